The zero-order chi connectivity index (χ0) is 15.5. The van der Waals surface area contributed by atoms with Crippen LogP contribution < -0.4 is 11.1 Å². The highest BCUT2D eigenvalue weighted by molar-refractivity contribution is 7.80. The predicted molar refractivity (Wildman–Crippen MR) is 88.0 cm³/mol. The molecule has 5 heteroatoms. The Kier molecular flexibility index (Phi) is 5.60. The number of rotatable bonds is 8. The van der Waals surface area contributed by atoms with E-state index in [2.05, 4.69) is 19.2 Å². The van der Waals surface area contributed by atoms with Crippen molar-refractivity contribution < 1.29 is 9.53 Å². The van der Waals surface area contributed by atoms with Crippen LogP contribution in [0.5, 0.6) is 0 Å². The van der Waals surface area contributed by atoms with E-state index < -0.39 is 5.41 Å². The molecule has 120 valence electrons. The van der Waals surface area contributed by atoms with Crippen molar-refractivity contribution in [3.8, 4) is 0 Å². The second-order valence-electron chi connectivity index (χ2n) is 6.49. The first-order valence-electron chi connectivity index (χ1n) is 8.27. The molecule has 2 atom stereocenters. The minimum absolute atomic E-state index is 0.0138. The Balaban J connectivity index is 2.08. The van der Waals surface area contributed by atoms with Crippen molar-refractivity contribution in [2.45, 2.75) is 70.9 Å². The molecule has 0 spiro atoms. The van der Waals surface area contributed by atoms with Gasteiger partial charge < -0.3 is 15.8 Å². The molecule has 2 aliphatic rings. The van der Waals surface area contributed by atoms with Gasteiger partial charge in [-0.15, -0.1) is 0 Å². The van der Waals surface area contributed by atoms with Crippen LogP contribution in [0.15, 0.2) is 0 Å². The van der Waals surface area contributed by atoms with Gasteiger partial charge in [0, 0.05) is 6.61 Å². The van der Waals surface area contributed by atoms with Gasteiger partial charge in [-0.1, -0.05) is 38.9 Å². The van der Waals surface area contributed by atoms with E-state index in [0.29, 0.717) is 10.9 Å². The fourth-order valence-corrected chi connectivity index (χ4v) is 3.82. The van der Waals surface area contributed by atoms with Crippen molar-refractivity contribution in [3.05, 3.63) is 0 Å². The summed E-state index contributed by atoms with van der Waals surface area (Å²) >= 11 is 5.26. The predicted octanol–water partition coefficient (Wildman–Crippen LogP) is 2.54. The van der Waals surface area contributed by atoms with Crippen molar-refractivity contribution in [3.63, 3.8) is 0 Å². The maximum absolute atomic E-state index is 12.9. The van der Waals surface area contributed by atoms with Gasteiger partial charge in [-0.25, -0.2) is 0 Å². The molecule has 1 saturated carbocycles. The minimum atomic E-state index is -0.685. The van der Waals surface area contributed by atoms with Crippen molar-refractivity contribution in [2.75, 3.05) is 6.61 Å². The lowest BCUT2D eigenvalue weighted by Crippen LogP contribution is -2.53. The van der Waals surface area contributed by atoms with Crippen molar-refractivity contribution in [2.24, 2.45) is 17.1 Å². The molecule has 4 nitrogen and oxygen atoms in total. The molecule has 0 aromatic heterocycles. The maximum Gasteiger partial charge on any atom is 0.233 e. The summed E-state index contributed by atoms with van der Waals surface area (Å²) in [6.07, 6.45) is 6.80. The number of ether oxygens (including phenoxy) is 1. The average molecular weight is 312 g/mol. The normalized spacial score (nSPS) is 25.8. The third kappa shape index (κ3) is 3.57. The first kappa shape index (κ1) is 16.7. The van der Waals surface area contributed by atoms with Gasteiger partial charge in [-0.2, -0.15) is 0 Å². The van der Waals surface area contributed by atoms with Gasteiger partial charge in [0.05, 0.1) is 22.5 Å². The van der Waals surface area contributed by atoms with Crippen LogP contribution in [0.4, 0.5) is 0 Å². The summed E-state index contributed by atoms with van der Waals surface area (Å²) in [5, 5.41) is 3.21. The summed E-state index contributed by atoms with van der Waals surface area (Å²) in [5.74, 6) is 0.647. The highest BCUT2D eigenvalue weighted by Gasteiger charge is 2.45. The summed E-state index contributed by atoms with van der Waals surface area (Å²) in [6, 6.07) is 0.132. The van der Waals surface area contributed by atoms with Gasteiger partial charge in [-0.05, 0) is 38.0 Å². The smallest absolute Gasteiger partial charge is 0.233 e. The number of nitrogens with two attached hydrogens (primary N) is 1. The Labute approximate surface area is 133 Å². The summed E-state index contributed by atoms with van der Waals surface area (Å²) in [6.45, 7) is 4.89. The molecule has 1 aliphatic carbocycles. The third-order valence-corrected chi connectivity index (χ3v) is 5.19. The molecule has 1 saturated heterocycles. The largest absolute Gasteiger partial charge is 0.392 e. The lowest BCUT2D eigenvalue weighted by Gasteiger charge is -2.33. The van der Waals surface area contributed by atoms with E-state index in [1.165, 1.54) is 12.8 Å². The van der Waals surface area contributed by atoms with Crippen LogP contribution in [-0.4, -0.2) is 29.6 Å². The molecule has 0 aromatic carbocycles. The van der Waals surface area contributed by atoms with Gasteiger partial charge in [0.1, 0.15) is 0 Å². The zero-order valence-electron chi connectivity index (χ0n) is 13.2. The van der Waals surface area contributed by atoms with Crippen LogP contribution in [0.25, 0.3) is 0 Å². The summed E-state index contributed by atoms with van der Waals surface area (Å²) in [7, 11) is 0. The molecule has 1 heterocycles. The molecule has 0 radical (unpaired) electrons. The monoisotopic (exact) mass is 312 g/mol. The minimum Gasteiger partial charge on any atom is -0.392 e. The molecule has 2 fully saturated rings. The zero-order valence-corrected chi connectivity index (χ0v) is 14.0. The SMILES string of the molecule is CCCC(CCC)(C(=O)NC1CCOC1C1CC1)C(N)=S. The van der Waals surface area contributed by atoms with Crippen LogP contribution in [0, 0.1) is 11.3 Å². The van der Waals surface area contributed by atoms with Crippen LogP contribution in [0.1, 0.15) is 58.8 Å². The number of hydrogen-bond acceptors (Lipinski definition) is 3. The van der Waals surface area contributed by atoms with Crippen LogP contribution in [0.3, 0.4) is 0 Å². The average Bonchev–Trinajstić information content (AvgIpc) is 3.18. The third-order valence-electron chi connectivity index (χ3n) is 4.80. The second-order valence-corrected chi connectivity index (χ2v) is 6.93. The Hall–Kier alpha value is -0.680. The molecular formula is C16H28N2O2S. The van der Waals surface area contributed by atoms with Crippen molar-refractivity contribution >= 4 is 23.1 Å². The second kappa shape index (κ2) is 7.05. The molecular weight excluding hydrogens is 284 g/mol. The van der Waals surface area contributed by atoms with Crippen LogP contribution in [0.2, 0.25) is 0 Å². The van der Waals surface area contributed by atoms with E-state index in [4.69, 9.17) is 22.7 Å². The number of hydrogen-bond donors (Lipinski definition) is 2. The van der Waals surface area contributed by atoms with Gasteiger partial charge in [0.2, 0.25) is 5.91 Å². The van der Waals surface area contributed by atoms with E-state index >= 15 is 0 Å². The summed E-state index contributed by atoms with van der Waals surface area (Å²) in [5.41, 5.74) is 5.28. The van der Waals surface area contributed by atoms with Gasteiger partial charge in [0.15, 0.2) is 0 Å². The molecule has 2 unspecified atom stereocenters. The number of nitrogens with one attached hydrogen (secondary N) is 1. The first-order valence-corrected chi connectivity index (χ1v) is 8.68. The molecule has 1 amide bonds. The molecule has 2 rings (SSSR count). The highest BCUT2D eigenvalue weighted by atomic mass is 32.1. The van der Waals surface area contributed by atoms with Gasteiger partial charge >= 0.3 is 0 Å². The fourth-order valence-electron chi connectivity index (χ4n) is 3.53. The number of thiocarbonyl (C=S) groups is 1. The lowest BCUT2D eigenvalue weighted by molar-refractivity contribution is -0.129. The maximum atomic E-state index is 12.9. The summed E-state index contributed by atoms with van der Waals surface area (Å²) < 4.78 is 5.80. The van der Waals surface area contributed by atoms with Crippen molar-refractivity contribution in [1.29, 1.82) is 0 Å². The van der Waals surface area contributed by atoms with E-state index in [1.807, 2.05) is 0 Å². The highest BCUT2D eigenvalue weighted by Crippen LogP contribution is 2.39. The molecule has 0 aromatic rings. The van der Waals surface area contributed by atoms with Crippen LogP contribution >= 0.6 is 12.2 Å². The van der Waals surface area contributed by atoms with Gasteiger partial charge in [-0.3, -0.25) is 4.79 Å². The Morgan fingerprint density at radius 1 is 1.29 bits per heavy atom. The van der Waals surface area contributed by atoms with E-state index in [9.17, 15) is 4.79 Å². The number of amides is 1. The van der Waals surface area contributed by atoms with Gasteiger partial charge in [0.25, 0.3) is 0 Å². The molecule has 0 bridgehead atoms. The standard InChI is InChI=1S/C16H28N2O2S/c1-3-8-16(9-4-2,14(17)21)15(19)18-12-7-10-20-13(12)11-5-6-11/h11-13H,3-10H2,1-2H3,(H2,17,21)(H,18,19). The summed E-state index contributed by atoms with van der Waals surface area (Å²) in [4.78, 5) is 13.2. The quantitative estimate of drug-likeness (QED) is 0.676. The molecule has 3 N–H and O–H groups in total. The molecule has 21 heavy (non-hydrogen) atoms. The van der Waals surface area contributed by atoms with Crippen molar-refractivity contribution in [1.82, 2.24) is 5.32 Å². The van der Waals surface area contributed by atoms with E-state index in [1.54, 1.807) is 0 Å². The Bertz CT molecular complexity index is 390. The van der Waals surface area contributed by atoms with E-state index in [0.717, 1.165) is 38.7 Å². The Morgan fingerprint density at radius 2 is 1.90 bits per heavy atom. The Morgan fingerprint density at radius 3 is 2.38 bits per heavy atom. The fraction of sp³-hybridized carbons (Fsp3) is 0.875. The van der Waals surface area contributed by atoms with E-state index in [-0.39, 0.29) is 18.1 Å². The molecule has 1 aliphatic heterocycles. The first-order chi connectivity index (χ1) is 10.0. The van der Waals surface area contributed by atoms with Crippen LogP contribution in [-0.2, 0) is 9.53 Å². The number of carbonyl (C=O) groups is 1. The lowest BCUT2D eigenvalue weighted by atomic mass is 9.78. The number of carbonyl (C=O) groups excluding carboxylic acids is 1. The topological polar surface area (TPSA) is 64.3 Å².